The molecule has 1 aromatic rings. The second-order valence-electron chi connectivity index (χ2n) is 6.20. The topological polar surface area (TPSA) is 76.1 Å². The zero-order valence-electron chi connectivity index (χ0n) is 13.7. The average molecular weight is 321 g/mol. The third kappa shape index (κ3) is 4.37. The van der Waals surface area contributed by atoms with Gasteiger partial charge in [0.25, 0.3) is 5.91 Å². The van der Waals surface area contributed by atoms with Gasteiger partial charge in [0.15, 0.2) is 6.61 Å². The number of phenolic OH excluding ortho intramolecular Hbond substituents is 1. The molecule has 0 bridgehead atoms. The summed E-state index contributed by atoms with van der Waals surface area (Å²) in [4.78, 5) is 25.9. The van der Waals surface area contributed by atoms with Crippen molar-refractivity contribution < 1.29 is 24.2 Å². The average Bonchev–Trinajstić information content (AvgIpc) is 2.51. The van der Waals surface area contributed by atoms with Gasteiger partial charge in [-0.3, -0.25) is 4.79 Å². The van der Waals surface area contributed by atoms with Gasteiger partial charge in [-0.05, 0) is 30.4 Å². The molecule has 0 unspecified atom stereocenters. The molecule has 6 nitrogen and oxygen atoms in total. The number of aromatic hydroxyl groups is 1. The van der Waals surface area contributed by atoms with E-state index in [2.05, 4.69) is 13.8 Å². The lowest BCUT2D eigenvalue weighted by atomic mass is 9.92. The van der Waals surface area contributed by atoms with Crippen LogP contribution in [0.15, 0.2) is 18.2 Å². The van der Waals surface area contributed by atoms with Crippen LogP contribution in [0, 0.1) is 11.8 Å². The predicted molar refractivity (Wildman–Crippen MR) is 84.5 cm³/mol. The van der Waals surface area contributed by atoms with Crippen molar-refractivity contribution in [3.05, 3.63) is 23.8 Å². The molecule has 1 amide bonds. The van der Waals surface area contributed by atoms with Crippen LogP contribution in [0.3, 0.4) is 0 Å². The zero-order valence-corrected chi connectivity index (χ0v) is 13.7. The van der Waals surface area contributed by atoms with Gasteiger partial charge in [0.05, 0.1) is 7.11 Å². The van der Waals surface area contributed by atoms with Crippen LogP contribution in [0.5, 0.6) is 11.5 Å². The number of ether oxygens (including phenoxy) is 2. The Kier molecular flexibility index (Phi) is 5.47. The smallest absolute Gasteiger partial charge is 0.342 e. The molecule has 1 aliphatic heterocycles. The molecule has 1 heterocycles. The van der Waals surface area contributed by atoms with Crippen LogP contribution in [0.2, 0.25) is 0 Å². The predicted octanol–water partition coefficient (Wildman–Crippen LogP) is 2.06. The number of nitrogens with zero attached hydrogens (tertiary/aromatic N) is 1. The molecule has 2 atom stereocenters. The lowest BCUT2D eigenvalue weighted by Gasteiger charge is -2.34. The van der Waals surface area contributed by atoms with E-state index < -0.39 is 5.97 Å². The first kappa shape index (κ1) is 17.1. The number of rotatable bonds is 4. The summed E-state index contributed by atoms with van der Waals surface area (Å²) in [5.41, 5.74) is 0.0129. The molecule has 126 valence electrons. The lowest BCUT2D eigenvalue weighted by molar-refractivity contribution is -0.137. The third-order valence-corrected chi connectivity index (χ3v) is 3.97. The van der Waals surface area contributed by atoms with Crippen LogP contribution in [0.1, 0.15) is 30.6 Å². The van der Waals surface area contributed by atoms with Crippen molar-refractivity contribution in [1.29, 1.82) is 0 Å². The molecule has 1 fully saturated rings. The van der Waals surface area contributed by atoms with Crippen LogP contribution < -0.4 is 4.74 Å². The standard InChI is InChI=1S/C17H23NO5/c1-11-6-12(2)9-18(8-11)16(20)10-23-17(21)14-5-4-13(22-3)7-15(14)19/h4-5,7,11-12,19H,6,8-10H2,1-3H3/t11-,12-/m0/s1. The van der Waals surface area contributed by atoms with Crippen molar-refractivity contribution >= 4 is 11.9 Å². The highest BCUT2D eigenvalue weighted by Crippen LogP contribution is 2.24. The van der Waals surface area contributed by atoms with E-state index in [0.29, 0.717) is 30.7 Å². The van der Waals surface area contributed by atoms with E-state index in [0.717, 1.165) is 6.42 Å². The molecule has 0 saturated carbocycles. The Labute approximate surface area is 136 Å². The Bertz CT molecular complexity index is 576. The van der Waals surface area contributed by atoms with Gasteiger partial charge in [-0.25, -0.2) is 4.79 Å². The van der Waals surface area contributed by atoms with Crippen molar-refractivity contribution in [3.8, 4) is 11.5 Å². The quantitative estimate of drug-likeness (QED) is 0.859. The SMILES string of the molecule is COc1ccc(C(=O)OCC(=O)N2C[C@@H](C)C[C@H](C)C2)c(O)c1. The summed E-state index contributed by atoms with van der Waals surface area (Å²) in [6.45, 7) is 5.28. The van der Waals surface area contributed by atoms with Crippen molar-refractivity contribution in [2.24, 2.45) is 11.8 Å². The largest absolute Gasteiger partial charge is 0.507 e. The fraction of sp³-hybridized carbons (Fsp3) is 0.529. The van der Waals surface area contributed by atoms with Crippen LogP contribution in [0.4, 0.5) is 0 Å². The highest BCUT2D eigenvalue weighted by Gasteiger charge is 2.26. The van der Waals surface area contributed by atoms with Gasteiger partial charge < -0.3 is 19.5 Å². The maximum Gasteiger partial charge on any atom is 0.342 e. The third-order valence-electron chi connectivity index (χ3n) is 3.97. The Hall–Kier alpha value is -2.24. The van der Waals surface area contributed by atoms with E-state index >= 15 is 0 Å². The summed E-state index contributed by atoms with van der Waals surface area (Å²) in [5.74, 6) is 0.169. The van der Waals surface area contributed by atoms with Crippen molar-refractivity contribution in [2.75, 3.05) is 26.8 Å². The normalized spacial score (nSPS) is 20.9. The maximum atomic E-state index is 12.2. The number of esters is 1. The molecule has 0 aromatic heterocycles. The van der Waals surface area contributed by atoms with E-state index in [9.17, 15) is 14.7 Å². The molecule has 6 heteroatoms. The van der Waals surface area contributed by atoms with Gasteiger partial charge in [0, 0.05) is 19.2 Å². The molecular weight excluding hydrogens is 298 g/mol. The van der Waals surface area contributed by atoms with Gasteiger partial charge in [0.2, 0.25) is 0 Å². The van der Waals surface area contributed by atoms with Crippen LogP contribution in [-0.4, -0.2) is 48.7 Å². The van der Waals surface area contributed by atoms with E-state index in [1.807, 2.05) is 0 Å². The first-order chi connectivity index (χ1) is 10.9. The second-order valence-corrected chi connectivity index (χ2v) is 6.20. The maximum absolute atomic E-state index is 12.2. The molecule has 1 saturated heterocycles. The molecule has 1 aliphatic rings. The Balaban J connectivity index is 1.92. The second kappa shape index (κ2) is 7.35. The van der Waals surface area contributed by atoms with Gasteiger partial charge >= 0.3 is 5.97 Å². The van der Waals surface area contributed by atoms with Crippen LogP contribution in [0.25, 0.3) is 0 Å². The lowest BCUT2D eigenvalue weighted by Crippen LogP contribution is -2.44. The number of likely N-dealkylation sites (tertiary alicyclic amines) is 1. The number of carbonyl (C=O) groups excluding carboxylic acids is 2. The minimum atomic E-state index is -0.725. The van der Waals surface area contributed by atoms with E-state index in [1.165, 1.54) is 19.2 Å². The summed E-state index contributed by atoms with van der Waals surface area (Å²) in [6, 6.07) is 4.28. The molecule has 23 heavy (non-hydrogen) atoms. The molecule has 1 aromatic carbocycles. The minimum Gasteiger partial charge on any atom is -0.507 e. The number of hydrogen-bond acceptors (Lipinski definition) is 5. The number of amides is 1. The van der Waals surface area contributed by atoms with E-state index in [-0.39, 0.29) is 23.8 Å². The number of piperidine rings is 1. The molecule has 0 radical (unpaired) electrons. The number of benzene rings is 1. The van der Waals surface area contributed by atoms with Crippen molar-refractivity contribution in [2.45, 2.75) is 20.3 Å². The number of hydrogen-bond donors (Lipinski definition) is 1. The Morgan fingerprint density at radius 3 is 2.48 bits per heavy atom. The highest BCUT2D eigenvalue weighted by molar-refractivity contribution is 5.94. The molecule has 2 rings (SSSR count). The van der Waals surface area contributed by atoms with E-state index in [1.54, 1.807) is 11.0 Å². The van der Waals surface area contributed by atoms with Crippen molar-refractivity contribution in [1.82, 2.24) is 4.90 Å². The first-order valence-corrected chi connectivity index (χ1v) is 7.72. The summed E-state index contributed by atoms with van der Waals surface area (Å²) in [5, 5.41) is 9.80. The number of methoxy groups -OCH3 is 1. The van der Waals surface area contributed by atoms with E-state index in [4.69, 9.17) is 9.47 Å². The Morgan fingerprint density at radius 2 is 1.91 bits per heavy atom. The van der Waals surface area contributed by atoms with Gasteiger partial charge in [0.1, 0.15) is 17.1 Å². The van der Waals surface area contributed by atoms with Gasteiger partial charge in [-0.1, -0.05) is 13.8 Å². The Morgan fingerprint density at radius 1 is 1.26 bits per heavy atom. The number of phenols is 1. The first-order valence-electron chi connectivity index (χ1n) is 7.72. The molecule has 1 N–H and O–H groups in total. The van der Waals surface area contributed by atoms with Crippen LogP contribution >= 0.6 is 0 Å². The fourth-order valence-corrected chi connectivity index (χ4v) is 2.97. The summed E-state index contributed by atoms with van der Waals surface area (Å²) >= 11 is 0. The molecule has 0 aliphatic carbocycles. The van der Waals surface area contributed by atoms with Crippen molar-refractivity contribution in [3.63, 3.8) is 0 Å². The minimum absolute atomic E-state index is 0.0129. The summed E-state index contributed by atoms with van der Waals surface area (Å²) < 4.78 is 9.99. The molecule has 0 spiro atoms. The summed E-state index contributed by atoms with van der Waals surface area (Å²) in [7, 11) is 1.46. The van der Waals surface area contributed by atoms with Crippen LogP contribution in [-0.2, 0) is 9.53 Å². The molecular formula is C17H23NO5. The van der Waals surface area contributed by atoms with Gasteiger partial charge in [-0.2, -0.15) is 0 Å². The number of carbonyl (C=O) groups is 2. The fourth-order valence-electron chi connectivity index (χ4n) is 2.97. The summed E-state index contributed by atoms with van der Waals surface area (Å²) in [6.07, 6.45) is 1.10. The highest BCUT2D eigenvalue weighted by atomic mass is 16.5. The monoisotopic (exact) mass is 321 g/mol. The zero-order chi connectivity index (χ0) is 17.0. The van der Waals surface area contributed by atoms with Gasteiger partial charge in [-0.15, -0.1) is 0 Å².